The molecular weight excluding hydrogens is 236 g/mol. The Morgan fingerprint density at radius 2 is 2.29 bits per heavy atom. The highest BCUT2D eigenvalue weighted by Crippen LogP contribution is 2.12. The van der Waals surface area contributed by atoms with E-state index in [0.29, 0.717) is 5.75 Å². The number of unbranched alkanes of at least 4 members (excludes halogenated alkanes) is 3. The van der Waals surface area contributed by atoms with Crippen LogP contribution in [0.15, 0.2) is 11.5 Å². The summed E-state index contributed by atoms with van der Waals surface area (Å²) in [6, 6.07) is 0. The third kappa shape index (κ3) is 5.72. The average Bonchev–Trinajstić information content (AvgIpc) is 2.72. The highest BCUT2D eigenvalue weighted by atomic mass is 32.2. The molecule has 0 aromatic carbocycles. The van der Waals surface area contributed by atoms with E-state index >= 15 is 0 Å². The van der Waals surface area contributed by atoms with E-state index < -0.39 is 0 Å². The molecule has 1 aromatic rings. The molecule has 0 fully saturated rings. The van der Waals surface area contributed by atoms with E-state index in [1.165, 1.54) is 31.0 Å². The Hall–Kier alpha value is -1.04. The first kappa shape index (κ1) is 14.0. The van der Waals surface area contributed by atoms with Crippen LogP contribution in [-0.2, 0) is 11.8 Å². The first-order valence-electron chi connectivity index (χ1n) is 5.97. The molecule has 6 heteroatoms. The molecule has 0 saturated carbocycles. The van der Waals surface area contributed by atoms with Gasteiger partial charge < -0.3 is 9.88 Å². The molecule has 1 aromatic heterocycles. The quantitative estimate of drug-likeness (QED) is 0.567. The number of carbonyl (C=O) groups excluding carboxylic acids is 1. The Kier molecular flexibility index (Phi) is 6.69. The van der Waals surface area contributed by atoms with Gasteiger partial charge >= 0.3 is 0 Å². The van der Waals surface area contributed by atoms with Crippen LogP contribution in [0.4, 0.5) is 0 Å². The van der Waals surface area contributed by atoms with Crippen molar-refractivity contribution >= 4 is 17.7 Å². The molecule has 1 N–H and O–H groups in total. The number of hydrogen-bond donors (Lipinski definition) is 1. The van der Waals surface area contributed by atoms with Crippen molar-refractivity contribution in [3.05, 3.63) is 6.33 Å². The van der Waals surface area contributed by atoms with E-state index in [4.69, 9.17) is 0 Å². The van der Waals surface area contributed by atoms with Gasteiger partial charge in [-0.15, -0.1) is 10.2 Å². The summed E-state index contributed by atoms with van der Waals surface area (Å²) in [5, 5.41) is 11.3. The number of hydrogen-bond acceptors (Lipinski definition) is 4. The minimum absolute atomic E-state index is 0.0644. The normalized spacial score (nSPS) is 10.5. The predicted molar refractivity (Wildman–Crippen MR) is 68.9 cm³/mol. The summed E-state index contributed by atoms with van der Waals surface area (Å²) < 4.78 is 1.80. The zero-order valence-corrected chi connectivity index (χ0v) is 11.3. The fraction of sp³-hybridized carbons (Fsp3) is 0.727. The standard InChI is InChI=1S/C11H20N4OS/c1-3-4-5-6-7-12-10(16)8-17-11-14-13-9-15(11)2/h9H,3-8H2,1-2H3,(H,12,16). The number of thioether (sulfide) groups is 1. The maximum absolute atomic E-state index is 11.5. The van der Waals surface area contributed by atoms with Crippen LogP contribution >= 0.6 is 11.8 Å². The number of carbonyl (C=O) groups is 1. The Morgan fingerprint density at radius 3 is 2.94 bits per heavy atom. The molecule has 1 heterocycles. The molecule has 0 saturated heterocycles. The second-order valence-electron chi connectivity index (χ2n) is 3.92. The van der Waals surface area contributed by atoms with E-state index in [1.807, 2.05) is 7.05 Å². The molecular formula is C11H20N4OS. The van der Waals surface area contributed by atoms with Crippen molar-refractivity contribution in [1.82, 2.24) is 20.1 Å². The lowest BCUT2D eigenvalue weighted by atomic mass is 10.2. The fourth-order valence-electron chi connectivity index (χ4n) is 1.36. The van der Waals surface area contributed by atoms with Crippen LogP contribution in [0.3, 0.4) is 0 Å². The van der Waals surface area contributed by atoms with Gasteiger partial charge in [0.15, 0.2) is 5.16 Å². The smallest absolute Gasteiger partial charge is 0.230 e. The Labute approximate surface area is 106 Å². The lowest BCUT2D eigenvalue weighted by Gasteiger charge is -2.04. The van der Waals surface area contributed by atoms with Crippen molar-refractivity contribution in [2.75, 3.05) is 12.3 Å². The van der Waals surface area contributed by atoms with Crippen molar-refractivity contribution in [1.29, 1.82) is 0 Å². The summed E-state index contributed by atoms with van der Waals surface area (Å²) in [5.41, 5.74) is 0. The lowest BCUT2D eigenvalue weighted by Crippen LogP contribution is -2.26. The van der Waals surface area contributed by atoms with Crippen molar-refractivity contribution in [2.45, 2.75) is 37.8 Å². The van der Waals surface area contributed by atoms with E-state index in [9.17, 15) is 4.79 Å². The van der Waals surface area contributed by atoms with Crippen LogP contribution in [0.5, 0.6) is 0 Å². The molecule has 5 nitrogen and oxygen atoms in total. The molecule has 0 radical (unpaired) electrons. The summed E-state index contributed by atoms with van der Waals surface area (Å²) in [6.45, 7) is 2.95. The van der Waals surface area contributed by atoms with Gasteiger partial charge in [0.1, 0.15) is 6.33 Å². The third-order valence-electron chi connectivity index (χ3n) is 2.35. The molecule has 1 rings (SSSR count). The molecule has 0 bridgehead atoms. The summed E-state index contributed by atoms with van der Waals surface area (Å²) in [5.74, 6) is 0.467. The van der Waals surface area contributed by atoms with Crippen molar-refractivity contribution in [3.63, 3.8) is 0 Å². The highest BCUT2D eigenvalue weighted by Gasteiger charge is 2.05. The van der Waals surface area contributed by atoms with Crippen molar-refractivity contribution in [3.8, 4) is 0 Å². The van der Waals surface area contributed by atoms with Gasteiger partial charge in [-0.1, -0.05) is 37.9 Å². The lowest BCUT2D eigenvalue weighted by molar-refractivity contribution is -0.118. The Balaban J connectivity index is 2.07. The summed E-state index contributed by atoms with van der Waals surface area (Å²) >= 11 is 1.41. The number of nitrogens with zero attached hydrogens (tertiary/aromatic N) is 3. The van der Waals surface area contributed by atoms with Crippen LogP contribution in [-0.4, -0.2) is 33.0 Å². The first-order chi connectivity index (χ1) is 8.24. The molecule has 1 amide bonds. The number of aromatic nitrogens is 3. The highest BCUT2D eigenvalue weighted by molar-refractivity contribution is 7.99. The molecule has 0 spiro atoms. The van der Waals surface area contributed by atoms with Gasteiger partial charge in [-0.2, -0.15) is 0 Å². The molecule has 0 aliphatic carbocycles. The summed E-state index contributed by atoms with van der Waals surface area (Å²) in [6.07, 6.45) is 6.34. The molecule has 0 atom stereocenters. The minimum atomic E-state index is 0.0644. The zero-order valence-electron chi connectivity index (χ0n) is 10.5. The van der Waals surface area contributed by atoms with Gasteiger partial charge in [0.05, 0.1) is 5.75 Å². The van der Waals surface area contributed by atoms with E-state index in [2.05, 4.69) is 22.4 Å². The van der Waals surface area contributed by atoms with Gasteiger partial charge in [-0.25, -0.2) is 0 Å². The summed E-state index contributed by atoms with van der Waals surface area (Å²) in [4.78, 5) is 11.5. The van der Waals surface area contributed by atoms with Gasteiger partial charge in [0.2, 0.25) is 5.91 Å². The van der Waals surface area contributed by atoms with Gasteiger partial charge in [0.25, 0.3) is 0 Å². The second-order valence-corrected chi connectivity index (χ2v) is 4.87. The van der Waals surface area contributed by atoms with Crippen molar-refractivity contribution in [2.24, 2.45) is 7.05 Å². The van der Waals surface area contributed by atoms with Crippen LogP contribution in [0.1, 0.15) is 32.6 Å². The van der Waals surface area contributed by atoms with E-state index in [1.54, 1.807) is 10.9 Å². The molecule has 17 heavy (non-hydrogen) atoms. The predicted octanol–water partition coefficient (Wildman–Crippen LogP) is 1.60. The first-order valence-corrected chi connectivity index (χ1v) is 6.96. The average molecular weight is 256 g/mol. The van der Waals surface area contributed by atoms with Gasteiger partial charge in [-0.3, -0.25) is 4.79 Å². The van der Waals surface area contributed by atoms with Crippen LogP contribution in [0, 0.1) is 0 Å². The Bertz CT molecular complexity index is 340. The number of rotatable bonds is 8. The Morgan fingerprint density at radius 1 is 1.47 bits per heavy atom. The second kappa shape index (κ2) is 8.11. The minimum Gasteiger partial charge on any atom is -0.355 e. The van der Waals surface area contributed by atoms with Gasteiger partial charge in [-0.05, 0) is 6.42 Å². The number of amides is 1. The SMILES string of the molecule is CCCCCCNC(=O)CSc1nncn1C. The topological polar surface area (TPSA) is 59.8 Å². The monoisotopic (exact) mass is 256 g/mol. The zero-order chi connectivity index (χ0) is 12.5. The van der Waals surface area contributed by atoms with E-state index in [0.717, 1.165) is 18.1 Å². The van der Waals surface area contributed by atoms with E-state index in [-0.39, 0.29) is 5.91 Å². The maximum atomic E-state index is 11.5. The number of nitrogens with one attached hydrogen (secondary N) is 1. The van der Waals surface area contributed by atoms with Crippen LogP contribution in [0.2, 0.25) is 0 Å². The largest absolute Gasteiger partial charge is 0.355 e. The van der Waals surface area contributed by atoms with Gasteiger partial charge in [0, 0.05) is 13.6 Å². The maximum Gasteiger partial charge on any atom is 0.230 e. The number of aryl methyl sites for hydroxylation is 1. The molecule has 96 valence electrons. The molecule has 0 aliphatic rings. The van der Waals surface area contributed by atoms with Crippen LogP contribution < -0.4 is 5.32 Å². The molecule has 0 aliphatic heterocycles. The summed E-state index contributed by atoms with van der Waals surface area (Å²) in [7, 11) is 1.87. The molecule has 0 unspecified atom stereocenters. The van der Waals surface area contributed by atoms with Crippen molar-refractivity contribution < 1.29 is 4.79 Å². The van der Waals surface area contributed by atoms with Crippen LogP contribution in [0.25, 0.3) is 0 Å². The third-order valence-corrected chi connectivity index (χ3v) is 3.39. The fourth-order valence-corrected chi connectivity index (χ4v) is 2.08.